The molecule has 0 amide bonds. The molecule has 1 unspecified atom stereocenters. The number of benzene rings is 1. The van der Waals surface area contributed by atoms with Crippen LogP contribution in [0.2, 0.25) is 0 Å². The zero-order chi connectivity index (χ0) is 12.8. The number of rotatable bonds is 5. The number of allylic oxidation sites excluding steroid dienone is 2. The van der Waals surface area contributed by atoms with Gasteiger partial charge in [-0.3, -0.25) is 0 Å². The van der Waals surface area contributed by atoms with Crippen molar-refractivity contribution >= 4 is 21.5 Å². The van der Waals surface area contributed by atoms with E-state index in [1.54, 1.807) is 5.57 Å². The molecule has 1 aromatic carbocycles. The lowest BCUT2D eigenvalue weighted by Gasteiger charge is -2.22. The highest BCUT2D eigenvalue weighted by Crippen LogP contribution is 2.33. The summed E-state index contributed by atoms with van der Waals surface area (Å²) in [6, 6.07) is 8.74. The van der Waals surface area contributed by atoms with Gasteiger partial charge in [-0.05, 0) is 48.4 Å². The van der Waals surface area contributed by atoms with Crippen LogP contribution in [0.4, 0.5) is 0 Å². The van der Waals surface area contributed by atoms with E-state index in [1.165, 1.54) is 55.0 Å². The molecule has 0 saturated heterocycles. The summed E-state index contributed by atoms with van der Waals surface area (Å²) in [6.45, 7) is 2.28. The first-order valence-electron chi connectivity index (χ1n) is 7.24. The molecule has 0 aliphatic heterocycles. The van der Waals surface area contributed by atoms with Gasteiger partial charge in [0, 0.05) is 4.47 Å². The summed E-state index contributed by atoms with van der Waals surface area (Å²) in [4.78, 5) is 0. The molecular formula is C17H23Br. The number of unbranched alkanes of at least 4 members (excludes halogenated alkanes) is 2. The zero-order valence-corrected chi connectivity index (χ0v) is 12.9. The summed E-state index contributed by atoms with van der Waals surface area (Å²) >= 11 is 3.49. The minimum Gasteiger partial charge on any atom is -0.0804 e. The molecule has 1 aliphatic carbocycles. The van der Waals surface area contributed by atoms with Crippen LogP contribution in [-0.4, -0.2) is 0 Å². The smallest absolute Gasteiger partial charge is 0.0175 e. The van der Waals surface area contributed by atoms with Crippen molar-refractivity contribution < 1.29 is 0 Å². The van der Waals surface area contributed by atoms with Crippen molar-refractivity contribution in [3.63, 3.8) is 0 Å². The van der Waals surface area contributed by atoms with Crippen LogP contribution < -0.4 is 0 Å². The minimum absolute atomic E-state index is 0.941. The van der Waals surface area contributed by atoms with Crippen molar-refractivity contribution in [3.05, 3.63) is 40.4 Å². The lowest BCUT2D eigenvalue weighted by molar-refractivity contribution is 0.428. The van der Waals surface area contributed by atoms with E-state index in [0.717, 1.165) is 5.92 Å². The largest absolute Gasteiger partial charge is 0.0804 e. The molecule has 0 N–H and O–H groups in total. The quantitative estimate of drug-likeness (QED) is 0.567. The Hall–Kier alpha value is -0.560. The predicted octanol–water partition coefficient (Wildman–Crippen LogP) is 6.21. The van der Waals surface area contributed by atoms with Crippen LogP contribution in [0.25, 0.3) is 5.57 Å². The third-order valence-electron chi connectivity index (χ3n) is 3.95. The van der Waals surface area contributed by atoms with Crippen LogP contribution >= 0.6 is 15.9 Å². The Morgan fingerprint density at radius 3 is 2.56 bits per heavy atom. The molecule has 18 heavy (non-hydrogen) atoms. The minimum atomic E-state index is 0.941. The Morgan fingerprint density at radius 2 is 1.94 bits per heavy atom. The highest BCUT2D eigenvalue weighted by atomic mass is 79.9. The van der Waals surface area contributed by atoms with E-state index in [1.807, 2.05) is 0 Å². The third kappa shape index (κ3) is 3.98. The van der Waals surface area contributed by atoms with Crippen molar-refractivity contribution in [3.8, 4) is 0 Å². The Bertz CT molecular complexity index is 389. The molecule has 0 aromatic heterocycles. The number of hydrogen-bond donors (Lipinski definition) is 0. The summed E-state index contributed by atoms with van der Waals surface area (Å²) < 4.78 is 1.17. The van der Waals surface area contributed by atoms with Crippen molar-refractivity contribution in [2.75, 3.05) is 0 Å². The SMILES string of the molecule is CCCCCC1CC=C(c2ccc(Br)cc2)CC1. The molecule has 1 aliphatic rings. The van der Waals surface area contributed by atoms with Gasteiger partial charge < -0.3 is 0 Å². The summed E-state index contributed by atoms with van der Waals surface area (Å²) in [5.74, 6) is 0.941. The Kier molecular flexibility index (Phi) is 5.49. The van der Waals surface area contributed by atoms with Gasteiger partial charge in [-0.1, -0.05) is 66.7 Å². The van der Waals surface area contributed by atoms with Gasteiger partial charge in [-0.15, -0.1) is 0 Å². The van der Waals surface area contributed by atoms with E-state index in [2.05, 4.69) is 53.2 Å². The molecule has 0 bridgehead atoms. The van der Waals surface area contributed by atoms with E-state index in [9.17, 15) is 0 Å². The summed E-state index contributed by atoms with van der Waals surface area (Å²) in [6.07, 6.45) is 12.0. The normalized spacial score (nSPS) is 19.7. The fraction of sp³-hybridized carbons (Fsp3) is 0.529. The highest BCUT2D eigenvalue weighted by Gasteiger charge is 2.14. The van der Waals surface area contributed by atoms with E-state index in [-0.39, 0.29) is 0 Å². The van der Waals surface area contributed by atoms with E-state index < -0.39 is 0 Å². The van der Waals surface area contributed by atoms with E-state index in [4.69, 9.17) is 0 Å². The molecular weight excluding hydrogens is 284 g/mol. The second-order valence-electron chi connectivity index (χ2n) is 5.37. The Balaban J connectivity index is 1.88. The summed E-state index contributed by atoms with van der Waals surface area (Å²) in [5.41, 5.74) is 2.96. The van der Waals surface area contributed by atoms with Crippen molar-refractivity contribution in [1.29, 1.82) is 0 Å². The van der Waals surface area contributed by atoms with Gasteiger partial charge in [-0.2, -0.15) is 0 Å². The molecule has 98 valence electrons. The number of halogens is 1. The van der Waals surface area contributed by atoms with Gasteiger partial charge in [-0.25, -0.2) is 0 Å². The van der Waals surface area contributed by atoms with Crippen molar-refractivity contribution in [2.24, 2.45) is 5.92 Å². The van der Waals surface area contributed by atoms with Crippen LogP contribution in [0.1, 0.15) is 57.4 Å². The van der Waals surface area contributed by atoms with Crippen molar-refractivity contribution in [2.45, 2.75) is 51.9 Å². The number of hydrogen-bond acceptors (Lipinski definition) is 0. The van der Waals surface area contributed by atoms with E-state index >= 15 is 0 Å². The maximum Gasteiger partial charge on any atom is 0.0175 e. The topological polar surface area (TPSA) is 0 Å². The molecule has 0 spiro atoms. The van der Waals surface area contributed by atoms with Crippen LogP contribution in [0.3, 0.4) is 0 Å². The first-order chi connectivity index (χ1) is 8.79. The Labute approximate surface area is 120 Å². The first-order valence-corrected chi connectivity index (χ1v) is 8.04. The molecule has 1 heteroatoms. The van der Waals surface area contributed by atoms with Crippen LogP contribution in [-0.2, 0) is 0 Å². The van der Waals surface area contributed by atoms with Gasteiger partial charge in [0.2, 0.25) is 0 Å². The lowest BCUT2D eigenvalue weighted by Crippen LogP contribution is -2.05. The third-order valence-corrected chi connectivity index (χ3v) is 4.48. The highest BCUT2D eigenvalue weighted by molar-refractivity contribution is 9.10. The molecule has 0 radical (unpaired) electrons. The fourth-order valence-electron chi connectivity index (χ4n) is 2.76. The summed E-state index contributed by atoms with van der Waals surface area (Å²) in [7, 11) is 0. The van der Waals surface area contributed by atoms with Crippen LogP contribution in [0.5, 0.6) is 0 Å². The van der Waals surface area contributed by atoms with Gasteiger partial charge in [0.15, 0.2) is 0 Å². The second kappa shape index (κ2) is 7.13. The molecule has 1 aromatic rings. The predicted molar refractivity (Wildman–Crippen MR) is 83.6 cm³/mol. The standard InChI is InChI=1S/C17H23Br/c1-2-3-4-5-14-6-8-15(9-7-14)16-10-12-17(18)13-11-16/h8,10-14H,2-7,9H2,1H3. The van der Waals surface area contributed by atoms with Gasteiger partial charge in [0.05, 0.1) is 0 Å². The van der Waals surface area contributed by atoms with Crippen LogP contribution in [0.15, 0.2) is 34.8 Å². The molecule has 0 saturated carbocycles. The lowest BCUT2D eigenvalue weighted by atomic mass is 9.84. The average Bonchev–Trinajstić information content (AvgIpc) is 2.41. The molecule has 0 fully saturated rings. The summed E-state index contributed by atoms with van der Waals surface area (Å²) in [5, 5.41) is 0. The molecule has 0 nitrogen and oxygen atoms in total. The molecule has 1 atom stereocenters. The van der Waals surface area contributed by atoms with Gasteiger partial charge in [0.25, 0.3) is 0 Å². The Morgan fingerprint density at radius 1 is 1.17 bits per heavy atom. The second-order valence-corrected chi connectivity index (χ2v) is 6.29. The van der Waals surface area contributed by atoms with Gasteiger partial charge >= 0.3 is 0 Å². The zero-order valence-electron chi connectivity index (χ0n) is 11.3. The average molecular weight is 307 g/mol. The maximum atomic E-state index is 3.49. The van der Waals surface area contributed by atoms with E-state index in [0.29, 0.717) is 0 Å². The first kappa shape index (κ1) is 13.9. The molecule has 0 heterocycles. The monoisotopic (exact) mass is 306 g/mol. The maximum absolute atomic E-state index is 3.49. The van der Waals surface area contributed by atoms with Crippen molar-refractivity contribution in [1.82, 2.24) is 0 Å². The molecule has 2 rings (SSSR count). The fourth-order valence-corrected chi connectivity index (χ4v) is 3.02. The van der Waals surface area contributed by atoms with Gasteiger partial charge in [0.1, 0.15) is 0 Å². The van der Waals surface area contributed by atoms with Crippen LogP contribution in [0, 0.1) is 5.92 Å².